The Labute approximate surface area is 122 Å². The van der Waals surface area contributed by atoms with Crippen molar-refractivity contribution < 1.29 is 9.59 Å². The molecule has 110 valence electrons. The number of hydrazine groups is 1. The van der Waals surface area contributed by atoms with Crippen molar-refractivity contribution in [2.24, 2.45) is 5.92 Å². The molecule has 2 amide bonds. The lowest BCUT2D eigenvalue weighted by molar-refractivity contribution is -0.122. The molecule has 0 aliphatic heterocycles. The molecule has 2 aromatic rings. The number of hydrogen-bond acceptors (Lipinski definition) is 4. The Hall–Kier alpha value is -2.70. The Bertz CT molecular complexity index is 605. The lowest BCUT2D eigenvalue weighted by Crippen LogP contribution is -2.42. The van der Waals surface area contributed by atoms with Crippen LogP contribution in [0.2, 0.25) is 0 Å². The first kappa shape index (κ1) is 14.7. The first-order chi connectivity index (χ1) is 10.1. The van der Waals surface area contributed by atoms with E-state index in [1.54, 1.807) is 35.3 Å². The molecule has 0 spiro atoms. The van der Waals surface area contributed by atoms with Crippen LogP contribution in [0.4, 0.5) is 0 Å². The van der Waals surface area contributed by atoms with Gasteiger partial charge in [0.2, 0.25) is 5.91 Å². The van der Waals surface area contributed by atoms with E-state index in [1.807, 2.05) is 13.8 Å². The fraction of sp³-hybridized carbons (Fsp3) is 0.286. The lowest BCUT2D eigenvalue weighted by atomic mass is 10.1. The van der Waals surface area contributed by atoms with E-state index in [2.05, 4.69) is 20.9 Å². The molecule has 0 aliphatic rings. The van der Waals surface area contributed by atoms with E-state index in [1.165, 1.54) is 6.33 Å². The molecule has 0 radical (unpaired) electrons. The van der Waals surface area contributed by atoms with Crippen molar-refractivity contribution >= 4 is 11.8 Å². The van der Waals surface area contributed by atoms with Crippen molar-refractivity contribution in [2.75, 3.05) is 0 Å². The predicted molar refractivity (Wildman–Crippen MR) is 76.4 cm³/mol. The van der Waals surface area contributed by atoms with Crippen molar-refractivity contribution in [2.45, 2.75) is 20.3 Å². The van der Waals surface area contributed by atoms with Gasteiger partial charge in [0, 0.05) is 12.0 Å². The Morgan fingerprint density at radius 1 is 1.19 bits per heavy atom. The van der Waals surface area contributed by atoms with Crippen molar-refractivity contribution in [1.82, 2.24) is 25.6 Å². The molecule has 0 fully saturated rings. The zero-order chi connectivity index (χ0) is 15.2. The third-order valence-electron chi connectivity index (χ3n) is 2.72. The second-order valence-electron chi connectivity index (χ2n) is 4.99. The first-order valence-electron chi connectivity index (χ1n) is 6.60. The summed E-state index contributed by atoms with van der Waals surface area (Å²) in [6.45, 7) is 3.87. The smallest absolute Gasteiger partial charge is 0.269 e. The highest BCUT2D eigenvalue weighted by Crippen LogP contribution is 2.07. The summed E-state index contributed by atoms with van der Waals surface area (Å²) in [7, 11) is 0. The van der Waals surface area contributed by atoms with Gasteiger partial charge in [0.1, 0.15) is 12.7 Å². The molecule has 0 saturated carbocycles. The second-order valence-corrected chi connectivity index (χ2v) is 4.99. The fourth-order valence-electron chi connectivity index (χ4n) is 1.73. The van der Waals surface area contributed by atoms with E-state index in [0.29, 0.717) is 12.0 Å². The standard InChI is InChI=1S/C14H17N5O2/c1-10(2)7-13(20)17-18-14(21)11-3-5-12(6-4-11)19-9-15-8-16-19/h3-6,8-10H,7H2,1-2H3,(H,17,20)(H,18,21). The highest BCUT2D eigenvalue weighted by molar-refractivity contribution is 5.95. The summed E-state index contributed by atoms with van der Waals surface area (Å²) >= 11 is 0. The number of nitrogens with zero attached hydrogens (tertiary/aromatic N) is 3. The number of nitrogens with one attached hydrogen (secondary N) is 2. The van der Waals surface area contributed by atoms with Crippen molar-refractivity contribution in [3.05, 3.63) is 42.5 Å². The van der Waals surface area contributed by atoms with Crippen molar-refractivity contribution in [1.29, 1.82) is 0 Å². The van der Waals surface area contributed by atoms with E-state index in [4.69, 9.17) is 0 Å². The van der Waals surface area contributed by atoms with E-state index in [-0.39, 0.29) is 17.7 Å². The Morgan fingerprint density at radius 3 is 2.48 bits per heavy atom. The molecule has 7 heteroatoms. The zero-order valence-corrected chi connectivity index (χ0v) is 11.9. The third-order valence-corrected chi connectivity index (χ3v) is 2.72. The molecule has 1 heterocycles. The summed E-state index contributed by atoms with van der Waals surface area (Å²) in [6, 6.07) is 6.81. The molecule has 2 rings (SSSR count). The van der Waals surface area contributed by atoms with Gasteiger partial charge in [0.15, 0.2) is 0 Å². The number of aromatic nitrogens is 3. The number of amides is 2. The highest BCUT2D eigenvalue weighted by atomic mass is 16.2. The average molecular weight is 287 g/mol. The van der Waals surface area contributed by atoms with Crippen LogP contribution in [0.1, 0.15) is 30.6 Å². The SMILES string of the molecule is CC(C)CC(=O)NNC(=O)c1ccc(-n2cncn2)cc1. The Kier molecular flexibility index (Phi) is 4.65. The van der Waals surface area contributed by atoms with Crippen LogP contribution in [0.3, 0.4) is 0 Å². The summed E-state index contributed by atoms with van der Waals surface area (Å²) in [4.78, 5) is 27.2. The molecule has 2 N–H and O–H groups in total. The summed E-state index contributed by atoms with van der Waals surface area (Å²) in [6.07, 6.45) is 3.37. The topological polar surface area (TPSA) is 88.9 Å². The molecule has 0 saturated heterocycles. The second kappa shape index (κ2) is 6.65. The maximum absolute atomic E-state index is 11.9. The van der Waals surface area contributed by atoms with Gasteiger partial charge < -0.3 is 0 Å². The zero-order valence-electron chi connectivity index (χ0n) is 11.9. The molecule has 0 aliphatic carbocycles. The van der Waals surface area contributed by atoms with Crippen LogP contribution < -0.4 is 10.9 Å². The van der Waals surface area contributed by atoms with Gasteiger partial charge in [-0.15, -0.1) is 0 Å². The van der Waals surface area contributed by atoms with Gasteiger partial charge in [-0.2, -0.15) is 5.10 Å². The molecular formula is C14H17N5O2. The summed E-state index contributed by atoms with van der Waals surface area (Å²) in [5, 5.41) is 4.00. The Balaban J connectivity index is 1.93. The summed E-state index contributed by atoms with van der Waals surface area (Å²) in [5.74, 6) is -0.335. The van der Waals surface area contributed by atoms with E-state index in [0.717, 1.165) is 5.69 Å². The van der Waals surface area contributed by atoms with Crippen LogP contribution in [-0.4, -0.2) is 26.6 Å². The summed E-state index contributed by atoms with van der Waals surface area (Å²) < 4.78 is 1.59. The minimum absolute atomic E-state index is 0.211. The number of benzene rings is 1. The number of carbonyl (C=O) groups excluding carboxylic acids is 2. The van der Waals surface area contributed by atoms with Gasteiger partial charge in [0.25, 0.3) is 5.91 Å². The number of carbonyl (C=O) groups is 2. The van der Waals surface area contributed by atoms with Crippen LogP contribution in [0.5, 0.6) is 0 Å². The number of rotatable bonds is 4. The molecule has 0 unspecified atom stereocenters. The monoisotopic (exact) mass is 287 g/mol. The van der Waals surface area contributed by atoms with Gasteiger partial charge >= 0.3 is 0 Å². The predicted octanol–water partition coefficient (Wildman–Crippen LogP) is 1.07. The normalized spacial score (nSPS) is 10.4. The maximum Gasteiger partial charge on any atom is 0.269 e. The Morgan fingerprint density at radius 2 is 1.90 bits per heavy atom. The van der Waals surface area contributed by atoms with Gasteiger partial charge in [0.05, 0.1) is 5.69 Å². The highest BCUT2D eigenvalue weighted by Gasteiger charge is 2.09. The first-order valence-corrected chi connectivity index (χ1v) is 6.60. The molecule has 7 nitrogen and oxygen atoms in total. The molecule has 1 aromatic heterocycles. The molecule has 1 aromatic carbocycles. The quantitative estimate of drug-likeness (QED) is 0.823. The molecule has 0 bridgehead atoms. The van der Waals surface area contributed by atoms with Crippen LogP contribution in [0.25, 0.3) is 5.69 Å². The van der Waals surface area contributed by atoms with Gasteiger partial charge in [-0.3, -0.25) is 20.4 Å². The molecule has 0 atom stereocenters. The minimum Gasteiger partial charge on any atom is -0.273 e. The molecule has 21 heavy (non-hydrogen) atoms. The largest absolute Gasteiger partial charge is 0.273 e. The van der Waals surface area contributed by atoms with E-state index in [9.17, 15) is 9.59 Å². The molecular weight excluding hydrogens is 270 g/mol. The number of hydrogen-bond donors (Lipinski definition) is 2. The van der Waals surface area contributed by atoms with E-state index < -0.39 is 0 Å². The average Bonchev–Trinajstić information content (AvgIpc) is 2.98. The van der Waals surface area contributed by atoms with Crippen LogP contribution >= 0.6 is 0 Å². The third kappa shape index (κ3) is 4.13. The van der Waals surface area contributed by atoms with E-state index >= 15 is 0 Å². The van der Waals surface area contributed by atoms with Crippen molar-refractivity contribution in [3.8, 4) is 5.69 Å². The minimum atomic E-state index is -0.364. The maximum atomic E-state index is 11.9. The van der Waals surface area contributed by atoms with Crippen LogP contribution in [-0.2, 0) is 4.79 Å². The van der Waals surface area contributed by atoms with Crippen molar-refractivity contribution in [3.63, 3.8) is 0 Å². The fourth-order valence-corrected chi connectivity index (χ4v) is 1.73. The van der Waals surface area contributed by atoms with Gasteiger partial charge in [-0.25, -0.2) is 9.67 Å². The van der Waals surface area contributed by atoms with Gasteiger partial charge in [-0.1, -0.05) is 13.8 Å². The summed E-state index contributed by atoms with van der Waals surface area (Å²) in [5.41, 5.74) is 6.02. The van der Waals surface area contributed by atoms with Crippen LogP contribution in [0, 0.1) is 5.92 Å². The van der Waals surface area contributed by atoms with Gasteiger partial charge in [-0.05, 0) is 30.2 Å². The lowest BCUT2D eigenvalue weighted by Gasteiger charge is -2.09. The van der Waals surface area contributed by atoms with Crippen LogP contribution in [0.15, 0.2) is 36.9 Å².